The van der Waals surface area contributed by atoms with Gasteiger partial charge in [0, 0.05) is 50.9 Å². The Kier molecular flexibility index (Phi) is 7.29. The third-order valence-electron chi connectivity index (χ3n) is 7.02. The van der Waals surface area contributed by atoms with Gasteiger partial charge in [0.25, 0.3) is 0 Å². The third kappa shape index (κ3) is 5.41. The Morgan fingerprint density at radius 2 is 1.59 bits per heavy atom. The Morgan fingerprint density at radius 3 is 2.25 bits per heavy atom. The number of hydrogen-bond donors (Lipinski definition) is 2. The second-order valence-electron chi connectivity index (χ2n) is 9.21. The molecule has 4 rings (SSSR count). The molecule has 0 radical (unpaired) electrons. The van der Waals surface area contributed by atoms with Gasteiger partial charge in [-0.2, -0.15) is 0 Å². The fourth-order valence-corrected chi connectivity index (χ4v) is 5.04. The molecule has 2 amide bonds. The van der Waals surface area contributed by atoms with Gasteiger partial charge in [-0.25, -0.2) is 4.79 Å². The van der Waals surface area contributed by atoms with Gasteiger partial charge < -0.3 is 20.2 Å². The van der Waals surface area contributed by atoms with Crippen LogP contribution < -0.4 is 10.2 Å². The van der Waals surface area contributed by atoms with E-state index in [1.807, 2.05) is 11.0 Å². The van der Waals surface area contributed by atoms with Gasteiger partial charge in [0.2, 0.25) is 11.8 Å². The van der Waals surface area contributed by atoms with Crippen LogP contribution in [0.1, 0.15) is 55.3 Å². The van der Waals surface area contributed by atoms with Gasteiger partial charge in [0.05, 0.1) is 17.8 Å². The van der Waals surface area contributed by atoms with E-state index in [-0.39, 0.29) is 23.3 Å². The Bertz CT molecular complexity index is 838. The Balaban J connectivity index is 1.34. The van der Waals surface area contributed by atoms with Gasteiger partial charge in [-0.1, -0.05) is 12.8 Å². The molecule has 2 saturated heterocycles. The highest BCUT2D eigenvalue weighted by Crippen LogP contribution is 2.29. The molecular formula is C24H34N4O4. The van der Waals surface area contributed by atoms with Crippen LogP contribution in [0, 0.1) is 5.92 Å². The van der Waals surface area contributed by atoms with Gasteiger partial charge in [-0.3, -0.25) is 14.5 Å². The number of piperazine rings is 1. The van der Waals surface area contributed by atoms with Crippen molar-refractivity contribution in [3.05, 3.63) is 23.8 Å². The van der Waals surface area contributed by atoms with Crippen LogP contribution >= 0.6 is 0 Å². The van der Waals surface area contributed by atoms with Gasteiger partial charge in [0.15, 0.2) is 0 Å². The van der Waals surface area contributed by atoms with E-state index in [4.69, 9.17) is 0 Å². The van der Waals surface area contributed by atoms with E-state index in [0.717, 1.165) is 83.5 Å². The summed E-state index contributed by atoms with van der Waals surface area (Å²) in [5, 5.41) is 12.5. The van der Waals surface area contributed by atoms with Crippen molar-refractivity contribution in [2.45, 2.75) is 44.9 Å². The summed E-state index contributed by atoms with van der Waals surface area (Å²) in [4.78, 5) is 43.2. The smallest absolute Gasteiger partial charge is 0.337 e. The zero-order chi connectivity index (χ0) is 22.5. The second-order valence-corrected chi connectivity index (χ2v) is 9.21. The summed E-state index contributed by atoms with van der Waals surface area (Å²) < 4.78 is 0. The summed E-state index contributed by atoms with van der Waals surface area (Å²) in [5.74, 6) is -0.921. The van der Waals surface area contributed by atoms with E-state index < -0.39 is 5.97 Å². The minimum absolute atomic E-state index is 0.0166. The van der Waals surface area contributed by atoms with Crippen LogP contribution in [-0.2, 0) is 9.59 Å². The maximum absolute atomic E-state index is 12.5. The summed E-state index contributed by atoms with van der Waals surface area (Å²) in [7, 11) is 0. The van der Waals surface area contributed by atoms with Crippen LogP contribution in [0.3, 0.4) is 0 Å². The maximum Gasteiger partial charge on any atom is 0.337 e. The van der Waals surface area contributed by atoms with Crippen molar-refractivity contribution in [2.75, 3.05) is 56.0 Å². The SMILES string of the molecule is O=C(O)c1cc(N2CCN(CC(=O)N3CCCCC3)CC2)ccc1NC(=O)C1CCCC1. The zero-order valence-electron chi connectivity index (χ0n) is 18.7. The topological polar surface area (TPSA) is 93.2 Å². The number of amides is 2. The molecule has 1 aliphatic carbocycles. The monoisotopic (exact) mass is 442 g/mol. The Labute approximate surface area is 189 Å². The Morgan fingerprint density at radius 1 is 0.906 bits per heavy atom. The van der Waals surface area contributed by atoms with E-state index >= 15 is 0 Å². The van der Waals surface area contributed by atoms with Crippen LogP contribution in [0.2, 0.25) is 0 Å². The number of nitrogens with one attached hydrogen (secondary N) is 1. The standard InChI is InChI=1S/C24H34N4O4/c29-22(28-10-4-1-5-11-28)17-26-12-14-27(15-13-26)19-8-9-21(20(16-19)24(31)32)25-23(30)18-6-2-3-7-18/h8-9,16,18H,1-7,10-15,17H2,(H,25,30)(H,31,32). The molecular weight excluding hydrogens is 408 g/mol. The number of carbonyl (C=O) groups excluding carboxylic acids is 2. The van der Waals surface area contributed by atoms with E-state index in [1.165, 1.54) is 6.42 Å². The van der Waals surface area contributed by atoms with Crippen LogP contribution in [0.15, 0.2) is 18.2 Å². The molecule has 0 spiro atoms. The minimum atomic E-state index is -1.04. The number of hydrogen-bond acceptors (Lipinski definition) is 5. The van der Waals surface area contributed by atoms with Crippen molar-refractivity contribution in [1.29, 1.82) is 0 Å². The number of carbonyl (C=O) groups is 3. The lowest BCUT2D eigenvalue weighted by molar-refractivity contribution is -0.133. The molecule has 2 N–H and O–H groups in total. The Hall–Kier alpha value is -2.61. The predicted octanol–water partition coefficient (Wildman–Crippen LogP) is 2.65. The molecule has 32 heavy (non-hydrogen) atoms. The van der Waals surface area contributed by atoms with E-state index in [9.17, 15) is 19.5 Å². The van der Waals surface area contributed by atoms with Crippen molar-refractivity contribution in [3.63, 3.8) is 0 Å². The first-order valence-electron chi connectivity index (χ1n) is 11.9. The average molecular weight is 443 g/mol. The predicted molar refractivity (Wildman–Crippen MR) is 123 cm³/mol. The average Bonchev–Trinajstić information content (AvgIpc) is 3.35. The number of rotatable bonds is 6. The molecule has 3 fully saturated rings. The first kappa shape index (κ1) is 22.6. The maximum atomic E-state index is 12.5. The van der Waals surface area contributed by atoms with E-state index in [2.05, 4.69) is 15.1 Å². The fraction of sp³-hybridized carbons (Fsp3) is 0.625. The van der Waals surface area contributed by atoms with Gasteiger partial charge in [-0.15, -0.1) is 0 Å². The van der Waals surface area contributed by atoms with Crippen molar-refractivity contribution in [3.8, 4) is 0 Å². The molecule has 174 valence electrons. The number of nitrogens with zero attached hydrogens (tertiary/aromatic N) is 3. The number of piperidine rings is 1. The fourth-order valence-electron chi connectivity index (χ4n) is 5.04. The zero-order valence-corrected chi connectivity index (χ0v) is 18.7. The summed E-state index contributed by atoms with van der Waals surface area (Å²) in [6.45, 7) is 5.21. The molecule has 0 bridgehead atoms. The highest BCUT2D eigenvalue weighted by Gasteiger charge is 2.26. The highest BCUT2D eigenvalue weighted by molar-refractivity contribution is 6.02. The number of aromatic carboxylic acids is 1. The molecule has 8 nitrogen and oxygen atoms in total. The van der Waals surface area contributed by atoms with Gasteiger partial charge in [-0.05, 0) is 50.3 Å². The summed E-state index contributed by atoms with van der Waals surface area (Å²) in [6.07, 6.45) is 7.26. The van der Waals surface area contributed by atoms with Crippen LogP contribution in [0.5, 0.6) is 0 Å². The number of benzene rings is 1. The van der Waals surface area contributed by atoms with Crippen molar-refractivity contribution in [1.82, 2.24) is 9.80 Å². The second kappa shape index (κ2) is 10.3. The van der Waals surface area contributed by atoms with E-state index in [1.54, 1.807) is 12.1 Å². The number of carboxylic acids is 1. The summed E-state index contributed by atoms with van der Waals surface area (Å²) in [6, 6.07) is 5.24. The van der Waals surface area contributed by atoms with Gasteiger partial charge in [0.1, 0.15) is 0 Å². The molecule has 0 atom stereocenters. The number of carboxylic acid groups (broad SMARTS) is 1. The summed E-state index contributed by atoms with van der Waals surface area (Å²) >= 11 is 0. The first-order chi connectivity index (χ1) is 15.5. The van der Waals surface area contributed by atoms with E-state index in [0.29, 0.717) is 12.2 Å². The number of likely N-dealkylation sites (tertiary alicyclic amines) is 1. The molecule has 1 aromatic carbocycles. The molecule has 3 aliphatic rings. The van der Waals surface area contributed by atoms with Crippen LogP contribution in [0.25, 0.3) is 0 Å². The summed E-state index contributed by atoms with van der Waals surface area (Å²) in [5.41, 5.74) is 1.32. The molecule has 2 aliphatic heterocycles. The molecule has 8 heteroatoms. The molecule has 0 aromatic heterocycles. The lowest BCUT2D eigenvalue weighted by atomic mass is 10.1. The molecule has 1 aromatic rings. The minimum Gasteiger partial charge on any atom is -0.478 e. The quantitative estimate of drug-likeness (QED) is 0.704. The third-order valence-corrected chi connectivity index (χ3v) is 7.02. The van der Waals surface area contributed by atoms with Crippen molar-refractivity contribution in [2.24, 2.45) is 5.92 Å². The lowest BCUT2D eigenvalue weighted by Gasteiger charge is -2.37. The molecule has 2 heterocycles. The lowest BCUT2D eigenvalue weighted by Crippen LogP contribution is -2.50. The number of anilines is 2. The highest BCUT2D eigenvalue weighted by atomic mass is 16.4. The van der Waals surface area contributed by atoms with Crippen molar-refractivity contribution < 1.29 is 19.5 Å². The molecule has 1 saturated carbocycles. The normalized spacial score (nSPS) is 20.4. The molecule has 0 unspecified atom stereocenters. The first-order valence-corrected chi connectivity index (χ1v) is 11.9. The largest absolute Gasteiger partial charge is 0.478 e. The van der Waals surface area contributed by atoms with Crippen molar-refractivity contribution >= 4 is 29.2 Å². The van der Waals surface area contributed by atoms with Gasteiger partial charge >= 0.3 is 5.97 Å². The van der Waals surface area contributed by atoms with Crippen LogP contribution in [-0.4, -0.2) is 78.5 Å². The van der Waals surface area contributed by atoms with Crippen LogP contribution in [0.4, 0.5) is 11.4 Å².